The van der Waals surface area contributed by atoms with Crippen LogP contribution in [0, 0.1) is 12.7 Å². The highest BCUT2D eigenvalue weighted by molar-refractivity contribution is 7.22. The van der Waals surface area contributed by atoms with E-state index in [1.54, 1.807) is 30.3 Å². The molecule has 1 N–H and O–H groups in total. The van der Waals surface area contributed by atoms with Gasteiger partial charge in [-0.3, -0.25) is 4.90 Å². The number of aromatic nitrogens is 2. The van der Waals surface area contributed by atoms with Gasteiger partial charge in [-0.15, -0.1) is 11.3 Å². The van der Waals surface area contributed by atoms with Crippen molar-refractivity contribution in [1.82, 2.24) is 19.8 Å². The second kappa shape index (κ2) is 14.2. The van der Waals surface area contributed by atoms with Crippen molar-refractivity contribution in [2.24, 2.45) is 0 Å². The van der Waals surface area contributed by atoms with Crippen LogP contribution in [0.25, 0.3) is 31.8 Å². The Balaban J connectivity index is 1.39. The van der Waals surface area contributed by atoms with Crippen LogP contribution in [0.3, 0.4) is 0 Å². The minimum atomic E-state index is -1.47. The number of ether oxygens (including phenoxy) is 2. The molecule has 1 unspecified atom stereocenters. The zero-order chi connectivity index (χ0) is 33.1. The average Bonchev–Trinajstić information content (AvgIpc) is 3.45. The lowest BCUT2D eigenvalue weighted by Crippen LogP contribution is -2.45. The van der Waals surface area contributed by atoms with Gasteiger partial charge in [0.25, 0.3) is 0 Å². The van der Waals surface area contributed by atoms with Crippen LogP contribution in [0.15, 0.2) is 67.0 Å². The molecule has 3 heterocycles. The summed E-state index contributed by atoms with van der Waals surface area (Å²) in [5.41, 5.74) is 3.24. The number of benzene rings is 3. The number of rotatable bonds is 11. The van der Waals surface area contributed by atoms with E-state index in [2.05, 4.69) is 26.8 Å². The molecule has 1 aliphatic heterocycles. The smallest absolute Gasteiger partial charge is 0.226 e. The summed E-state index contributed by atoms with van der Waals surface area (Å²) in [5, 5.41) is 23.5. The minimum absolute atomic E-state index is 0.0299. The normalized spacial score (nSPS) is 14.7. The SMILES string of the molecule is Cc1c(-c2c(-c3ccc(F)cc3)sc3ncnc(OC(Cc4ccccc4O)C(=O)[O-])c23)ccc(OCCN2CCN(C)CC2)c1Cl. The van der Waals surface area contributed by atoms with E-state index in [1.807, 2.05) is 19.1 Å². The van der Waals surface area contributed by atoms with E-state index in [0.717, 1.165) is 54.3 Å². The number of carbonyl (C=O) groups is 1. The summed E-state index contributed by atoms with van der Waals surface area (Å²) in [6.45, 7) is 7.17. The van der Waals surface area contributed by atoms with Gasteiger partial charge in [-0.05, 0) is 60.5 Å². The van der Waals surface area contributed by atoms with Gasteiger partial charge in [0.05, 0.1) is 16.4 Å². The highest BCUT2D eigenvalue weighted by Gasteiger charge is 2.26. The second-order valence-corrected chi connectivity index (χ2v) is 12.9. The number of aromatic hydroxyl groups is 1. The summed E-state index contributed by atoms with van der Waals surface area (Å²) < 4.78 is 26.1. The Hall–Kier alpha value is -4.29. The third-order valence-electron chi connectivity index (χ3n) is 8.35. The first kappa shape index (κ1) is 32.6. The van der Waals surface area contributed by atoms with Gasteiger partial charge in [-0.2, -0.15) is 0 Å². The van der Waals surface area contributed by atoms with Gasteiger partial charge in [0.15, 0.2) is 0 Å². The Labute approximate surface area is 280 Å². The maximum Gasteiger partial charge on any atom is 0.226 e. The Morgan fingerprint density at radius 3 is 2.55 bits per heavy atom. The number of piperazine rings is 1. The fraction of sp³-hybridized carbons (Fsp3) is 0.286. The summed E-state index contributed by atoms with van der Waals surface area (Å²) in [6, 6.07) is 16.3. The number of hydrogen-bond donors (Lipinski definition) is 1. The largest absolute Gasteiger partial charge is 0.546 e. The lowest BCUT2D eigenvalue weighted by Gasteiger charge is -2.32. The number of hydrogen-bond acceptors (Lipinski definition) is 10. The zero-order valence-electron chi connectivity index (χ0n) is 25.9. The Morgan fingerprint density at radius 1 is 1.09 bits per heavy atom. The molecule has 0 spiro atoms. The van der Waals surface area contributed by atoms with Crippen LogP contribution in [0.5, 0.6) is 17.4 Å². The van der Waals surface area contributed by atoms with Gasteiger partial charge in [0.2, 0.25) is 5.88 Å². The van der Waals surface area contributed by atoms with Gasteiger partial charge >= 0.3 is 0 Å². The topological polar surface area (TPSA) is 111 Å². The quantitative estimate of drug-likeness (QED) is 0.202. The van der Waals surface area contributed by atoms with Crippen molar-refractivity contribution in [3.63, 3.8) is 0 Å². The molecule has 6 rings (SSSR count). The molecule has 0 bridgehead atoms. The first-order valence-corrected chi connectivity index (χ1v) is 16.4. The summed E-state index contributed by atoms with van der Waals surface area (Å²) in [7, 11) is 2.12. The van der Waals surface area contributed by atoms with Crippen molar-refractivity contribution >= 4 is 39.1 Å². The molecule has 1 saturated heterocycles. The molecule has 1 atom stereocenters. The number of thiophene rings is 1. The van der Waals surface area contributed by atoms with Gasteiger partial charge in [0.1, 0.15) is 41.2 Å². The maximum absolute atomic E-state index is 14.0. The number of phenolic OH excluding ortho intramolecular Hbond substituents is 1. The van der Waals surface area contributed by atoms with Crippen LogP contribution in [-0.2, 0) is 11.2 Å². The number of carbonyl (C=O) groups excluding carboxylic acids is 1. The van der Waals surface area contributed by atoms with E-state index < -0.39 is 12.1 Å². The fourth-order valence-electron chi connectivity index (χ4n) is 5.65. The van der Waals surface area contributed by atoms with Crippen LogP contribution in [0.1, 0.15) is 11.1 Å². The standard InChI is InChI=1S/C35H34ClFN4O5S/c1-21-25(11-12-27(31(21)36)45-18-17-41-15-13-40(2)14-16-41)29-30-33(46-28(35(43)44)19-23-5-3-4-6-26(23)42)38-20-39-34(30)47-32(29)22-7-9-24(37)10-8-22/h3-12,20,28,42H,13-19H2,1-2H3,(H,43,44)/p-1. The molecule has 5 aromatic rings. The number of carboxylic acid groups (broad SMARTS) is 1. The van der Waals surface area contributed by atoms with Crippen molar-refractivity contribution in [2.75, 3.05) is 46.4 Å². The number of nitrogens with zero attached hydrogens (tertiary/aromatic N) is 4. The van der Waals surface area contributed by atoms with Crippen molar-refractivity contribution < 1.29 is 28.9 Å². The summed E-state index contributed by atoms with van der Waals surface area (Å²) >= 11 is 8.28. The van der Waals surface area contributed by atoms with E-state index in [0.29, 0.717) is 38.7 Å². The zero-order valence-corrected chi connectivity index (χ0v) is 27.5. The minimum Gasteiger partial charge on any atom is -0.546 e. The van der Waals surface area contributed by atoms with Crippen LogP contribution in [0.2, 0.25) is 5.02 Å². The monoisotopic (exact) mass is 675 g/mol. The average molecular weight is 676 g/mol. The van der Waals surface area contributed by atoms with Gasteiger partial charge < -0.3 is 29.4 Å². The predicted molar refractivity (Wildman–Crippen MR) is 179 cm³/mol. The lowest BCUT2D eigenvalue weighted by atomic mass is 9.96. The Bertz CT molecular complexity index is 1900. The number of likely N-dealkylation sites (N-methyl/N-ethyl adjacent to an activating group) is 1. The number of para-hydroxylation sites is 1. The van der Waals surface area contributed by atoms with Crippen LogP contribution >= 0.6 is 22.9 Å². The molecule has 9 nitrogen and oxygen atoms in total. The van der Waals surface area contributed by atoms with Crippen LogP contribution in [-0.4, -0.2) is 83.3 Å². The van der Waals surface area contributed by atoms with Crippen LogP contribution in [0.4, 0.5) is 4.39 Å². The van der Waals surface area contributed by atoms with Crippen molar-refractivity contribution in [1.29, 1.82) is 0 Å². The molecule has 244 valence electrons. The molecule has 12 heteroatoms. The van der Waals surface area contributed by atoms with Crippen molar-refractivity contribution in [3.8, 4) is 38.9 Å². The van der Waals surface area contributed by atoms with Gasteiger partial charge in [-0.1, -0.05) is 48.0 Å². The molecule has 0 amide bonds. The number of phenols is 1. The third-order valence-corrected chi connectivity index (χ3v) is 9.97. The van der Waals surface area contributed by atoms with E-state index in [4.69, 9.17) is 21.1 Å². The first-order chi connectivity index (χ1) is 22.7. The molecular weight excluding hydrogens is 643 g/mol. The molecule has 1 fully saturated rings. The van der Waals surface area contributed by atoms with E-state index in [9.17, 15) is 19.4 Å². The molecule has 47 heavy (non-hydrogen) atoms. The molecule has 0 radical (unpaired) electrons. The summed E-state index contributed by atoms with van der Waals surface area (Å²) in [6.07, 6.45) is -0.324. The lowest BCUT2D eigenvalue weighted by molar-refractivity contribution is -0.313. The molecule has 0 saturated carbocycles. The molecular formula is C35H33ClFN4O5S-. The van der Waals surface area contributed by atoms with Crippen LogP contribution < -0.4 is 14.6 Å². The van der Waals surface area contributed by atoms with Gasteiger partial charge in [0, 0.05) is 49.6 Å². The molecule has 2 aromatic heterocycles. The third kappa shape index (κ3) is 7.18. The predicted octanol–water partition coefficient (Wildman–Crippen LogP) is 5.20. The van der Waals surface area contributed by atoms with Gasteiger partial charge in [-0.25, -0.2) is 14.4 Å². The highest BCUT2D eigenvalue weighted by atomic mass is 35.5. The molecule has 1 aliphatic rings. The Kier molecular flexibility index (Phi) is 9.88. The van der Waals surface area contributed by atoms with Crippen molar-refractivity contribution in [3.05, 3.63) is 89.0 Å². The number of aliphatic carboxylic acids is 1. The van der Waals surface area contributed by atoms with E-state index >= 15 is 0 Å². The molecule has 3 aromatic carbocycles. The van der Waals surface area contributed by atoms with Crippen molar-refractivity contribution in [2.45, 2.75) is 19.4 Å². The summed E-state index contributed by atoms with van der Waals surface area (Å²) in [4.78, 5) is 27.1. The number of fused-ring (bicyclic) bond motifs is 1. The Morgan fingerprint density at radius 2 is 1.83 bits per heavy atom. The second-order valence-electron chi connectivity index (χ2n) is 11.5. The number of carboxylic acids is 1. The summed E-state index contributed by atoms with van der Waals surface area (Å²) in [5.74, 6) is -1.31. The maximum atomic E-state index is 14.0. The molecule has 0 aliphatic carbocycles. The van der Waals surface area contributed by atoms with E-state index in [-0.39, 0.29) is 23.9 Å². The first-order valence-electron chi connectivity index (χ1n) is 15.2. The number of halogens is 2. The van der Waals surface area contributed by atoms with E-state index in [1.165, 1.54) is 35.9 Å². The highest BCUT2D eigenvalue weighted by Crippen LogP contribution is 2.49. The fourth-order valence-corrected chi connectivity index (χ4v) is 7.02.